The number of carbonyl (C=O) groups is 2. The molecule has 49 heavy (non-hydrogen) atoms. The van der Waals surface area contributed by atoms with Crippen LogP contribution in [-0.4, -0.2) is 23.5 Å². The number of ether oxygens (including phenoxy) is 4. The summed E-state index contributed by atoms with van der Waals surface area (Å²) >= 11 is 0. The van der Waals surface area contributed by atoms with Crippen molar-refractivity contribution < 1.29 is 28.5 Å². The lowest BCUT2D eigenvalue weighted by Gasteiger charge is -2.34. The maximum atomic E-state index is 13.1. The van der Waals surface area contributed by atoms with Crippen molar-refractivity contribution in [2.75, 3.05) is 0 Å². The molecule has 0 atom stereocenters. The zero-order chi connectivity index (χ0) is 38.1. The summed E-state index contributed by atoms with van der Waals surface area (Å²) in [6.45, 7) is 39.1. The van der Waals surface area contributed by atoms with Crippen LogP contribution in [-0.2, 0) is 31.1 Å². The Balaban J connectivity index is 3.04. The molecule has 0 unspecified atom stereocenters. The third kappa shape index (κ3) is 12.1. The van der Waals surface area contributed by atoms with Crippen LogP contribution in [0.4, 0.5) is 9.59 Å². The van der Waals surface area contributed by atoms with Crippen molar-refractivity contribution in [3.8, 4) is 11.5 Å². The van der Waals surface area contributed by atoms with Gasteiger partial charge in [0.1, 0.15) is 22.7 Å². The van der Waals surface area contributed by atoms with Gasteiger partial charge in [0.25, 0.3) is 0 Å². The normalized spacial score (nSPS) is 13.4. The van der Waals surface area contributed by atoms with Crippen LogP contribution in [0.25, 0.3) is 0 Å². The number of unbranched alkanes of at least 4 members (excludes halogenated alkanes) is 1. The van der Waals surface area contributed by atoms with Crippen LogP contribution in [0.3, 0.4) is 0 Å². The summed E-state index contributed by atoms with van der Waals surface area (Å²) in [5.74, 6) is 1.17. The lowest BCUT2D eigenvalue weighted by atomic mass is 9.73. The Labute approximate surface area is 299 Å². The first-order chi connectivity index (χ1) is 21.8. The molecule has 2 rings (SSSR count). The third-order valence-electron chi connectivity index (χ3n) is 8.26. The van der Waals surface area contributed by atoms with Crippen LogP contribution in [0.15, 0.2) is 24.3 Å². The monoisotopic (exact) mass is 681 g/mol. The molecule has 0 aliphatic heterocycles. The number of hydrogen-bond donors (Lipinski definition) is 0. The first-order valence-corrected chi connectivity index (χ1v) is 18.0. The molecule has 0 saturated heterocycles. The minimum Gasteiger partial charge on any atom is -0.428 e. The Kier molecular flexibility index (Phi) is 12.6. The molecule has 0 aliphatic carbocycles. The van der Waals surface area contributed by atoms with E-state index in [2.05, 4.69) is 114 Å². The second-order valence-corrected chi connectivity index (χ2v) is 19.7. The molecular weight excluding hydrogens is 612 g/mol. The molecule has 0 radical (unpaired) electrons. The van der Waals surface area contributed by atoms with E-state index in [1.807, 2.05) is 41.5 Å². The minimum atomic E-state index is -0.705. The van der Waals surface area contributed by atoms with Crippen molar-refractivity contribution in [1.82, 2.24) is 0 Å². The van der Waals surface area contributed by atoms with Gasteiger partial charge in [-0.15, -0.1) is 0 Å². The molecule has 6 nitrogen and oxygen atoms in total. The first kappa shape index (κ1) is 42.1. The van der Waals surface area contributed by atoms with E-state index < -0.39 is 23.5 Å². The van der Waals surface area contributed by atoms with Gasteiger partial charge in [-0.3, -0.25) is 0 Å². The van der Waals surface area contributed by atoms with Gasteiger partial charge in [0.05, 0.1) is 0 Å². The molecule has 2 aromatic rings. The standard InChI is InChI=1S/C43H68O6/c1-20-21-22-29(27-23-30(38(2,3)4)34(31(24-27)39(5,6)7)46-36(44)48-42(14,15)16)28-25-32(40(8,9)10)35(33(26-28)41(11,12)13)47-37(45)49-43(17,18)19/h23-26,29H,20-22H2,1-19H3. The maximum Gasteiger partial charge on any atom is 0.514 e. The third-order valence-corrected chi connectivity index (χ3v) is 8.26. The first-order valence-electron chi connectivity index (χ1n) is 18.0. The lowest BCUT2D eigenvalue weighted by Crippen LogP contribution is -2.29. The van der Waals surface area contributed by atoms with Crippen molar-refractivity contribution in [1.29, 1.82) is 0 Å². The summed E-state index contributed by atoms with van der Waals surface area (Å²) in [4.78, 5) is 26.3. The smallest absolute Gasteiger partial charge is 0.428 e. The molecule has 0 aliphatic rings. The fourth-order valence-electron chi connectivity index (χ4n) is 5.80. The highest BCUT2D eigenvalue weighted by Crippen LogP contribution is 2.47. The summed E-state index contributed by atoms with van der Waals surface area (Å²) < 4.78 is 23.5. The minimum absolute atomic E-state index is 0.0375. The second-order valence-electron chi connectivity index (χ2n) is 19.7. The second kappa shape index (κ2) is 14.7. The zero-order valence-electron chi connectivity index (χ0n) is 34.5. The highest BCUT2D eigenvalue weighted by Gasteiger charge is 2.35. The predicted molar refractivity (Wildman–Crippen MR) is 203 cm³/mol. The highest BCUT2D eigenvalue weighted by atomic mass is 16.7. The summed E-state index contributed by atoms with van der Waals surface area (Å²) in [6, 6.07) is 8.92. The Bertz CT molecular complexity index is 1290. The molecule has 0 bridgehead atoms. The van der Waals surface area contributed by atoms with E-state index >= 15 is 0 Å². The predicted octanol–water partition coefficient (Wildman–Crippen LogP) is 12.8. The van der Waals surface area contributed by atoms with Crippen LogP contribution < -0.4 is 9.47 Å². The number of benzene rings is 2. The van der Waals surface area contributed by atoms with Crippen molar-refractivity contribution in [3.63, 3.8) is 0 Å². The lowest BCUT2D eigenvalue weighted by molar-refractivity contribution is 0.0186. The number of hydrogen-bond acceptors (Lipinski definition) is 6. The average molecular weight is 681 g/mol. The highest BCUT2D eigenvalue weighted by molar-refractivity contribution is 5.69. The zero-order valence-corrected chi connectivity index (χ0v) is 34.5. The van der Waals surface area contributed by atoms with E-state index in [1.165, 1.54) is 11.1 Å². The summed E-state index contributed by atoms with van der Waals surface area (Å²) in [5.41, 5.74) is 3.48. The molecule has 0 aromatic heterocycles. The van der Waals surface area contributed by atoms with Crippen LogP contribution in [0.1, 0.15) is 190 Å². The van der Waals surface area contributed by atoms with E-state index in [4.69, 9.17) is 18.9 Å². The molecule has 0 amide bonds. The van der Waals surface area contributed by atoms with Gasteiger partial charge in [-0.1, -0.05) is 127 Å². The largest absolute Gasteiger partial charge is 0.514 e. The molecule has 6 heteroatoms. The molecule has 0 spiro atoms. The number of rotatable bonds is 7. The van der Waals surface area contributed by atoms with E-state index in [-0.39, 0.29) is 27.6 Å². The van der Waals surface area contributed by atoms with E-state index in [0.717, 1.165) is 41.5 Å². The van der Waals surface area contributed by atoms with Gasteiger partial charge < -0.3 is 18.9 Å². The van der Waals surface area contributed by atoms with Gasteiger partial charge in [0.2, 0.25) is 0 Å². The Hall–Kier alpha value is -3.02. The molecular formula is C43H68O6. The average Bonchev–Trinajstić information content (AvgIpc) is 2.84. The molecule has 0 fully saturated rings. The number of carbonyl (C=O) groups excluding carboxylic acids is 2. The summed E-state index contributed by atoms with van der Waals surface area (Å²) in [5, 5.41) is 0. The van der Waals surface area contributed by atoms with E-state index in [1.54, 1.807) is 0 Å². The van der Waals surface area contributed by atoms with Gasteiger partial charge in [-0.05, 0) is 80.8 Å². The van der Waals surface area contributed by atoms with Gasteiger partial charge in [0, 0.05) is 28.2 Å². The van der Waals surface area contributed by atoms with Crippen LogP contribution in [0.5, 0.6) is 11.5 Å². The van der Waals surface area contributed by atoms with Gasteiger partial charge >= 0.3 is 12.3 Å². The summed E-state index contributed by atoms with van der Waals surface area (Å²) in [7, 11) is 0. The molecule has 2 aromatic carbocycles. The van der Waals surface area contributed by atoms with Crippen LogP contribution in [0, 0.1) is 0 Å². The van der Waals surface area contributed by atoms with Gasteiger partial charge in [-0.2, -0.15) is 0 Å². The molecule has 0 heterocycles. The SMILES string of the molecule is CCCCC(c1cc(C(C)(C)C)c(OC(=O)OC(C)(C)C)c(C(C)(C)C)c1)c1cc(C(C)(C)C)c(OC(=O)OC(C)(C)C)c(C(C)(C)C)c1. The van der Waals surface area contributed by atoms with Crippen molar-refractivity contribution >= 4 is 12.3 Å². The van der Waals surface area contributed by atoms with Crippen LogP contribution >= 0.6 is 0 Å². The van der Waals surface area contributed by atoms with E-state index in [0.29, 0.717) is 11.5 Å². The summed E-state index contributed by atoms with van der Waals surface area (Å²) in [6.07, 6.45) is 1.60. The maximum absolute atomic E-state index is 13.1. The Morgan fingerprint density at radius 1 is 0.510 bits per heavy atom. The van der Waals surface area contributed by atoms with Crippen molar-refractivity contribution in [3.05, 3.63) is 57.6 Å². The fourth-order valence-corrected chi connectivity index (χ4v) is 5.80. The molecule has 0 N–H and O–H groups in total. The van der Waals surface area contributed by atoms with Gasteiger partial charge in [-0.25, -0.2) is 9.59 Å². The Morgan fingerprint density at radius 3 is 0.980 bits per heavy atom. The fraction of sp³-hybridized carbons (Fsp3) is 0.674. The van der Waals surface area contributed by atoms with Crippen molar-refractivity contribution in [2.24, 2.45) is 0 Å². The topological polar surface area (TPSA) is 71.1 Å². The van der Waals surface area contributed by atoms with Gasteiger partial charge in [0.15, 0.2) is 0 Å². The Morgan fingerprint density at radius 2 is 0.776 bits per heavy atom. The van der Waals surface area contributed by atoms with E-state index in [9.17, 15) is 9.59 Å². The van der Waals surface area contributed by atoms with Crippen molar-refractivity contribution in [2.45, 2.75) is 190 Å². The van der Waals surface area contributed by atoms with Crippen LogP contribution in [0.2, 0.25) is 0 Å². The molecule has 0 saturated carbocycles. The molecule has 276 valence electrons. The quantitative estimate of drug-likeness (QED) is 0.214.